The SMILES string of the molecule is CN1CCN(C(=O)c2ccccc2Cn2cccn2)C[C@H]1C(=O)Nc1cccc(N2CCCC2)c1. The largest absolute Gasteiger partial charge is 0.371 e. The highest BCUT2D eigenvalue weighted by Gasteiger charge is 2.33. The van der Waals surface area contributed by atoms with Gasteiger partial charge >= 0.3 is 0 Å². The first kappa shape index (κ1) is 23.1. The Morgan fingerprint density at radius 1 is 1.00 bits per heavy atom. The molecule has 3 aromatic rings. The number of rotatable bonds is 6. The third-order valence-corrected chi connectivity index (χ3v) is 6.96. The molecule has 3 heterocycles. The molecule has 5 rings (SSSR count). The molecule has 0 radical (unpaired) electrons. The van der Waals surface area contributed by atoms with Gasteiger partial charge in [0.05, 0.1) is 6.54 Å². The smallest absolute Gasteiger partial charge is 0.254 e. The summed E-state index contributed by atoms with van der Waals surface area (Å²) in [4.78, 5) is 33.0. The van der Waals surface area contributed by atoms with Crippen molar-refractivity contribution in [2.24, 2.45) is 0 Å². The van der Waals surface area contributed by atoms with E-state index in [2.05, 4.69) is 21.4 Å². The molecule has 2 aromatic carbocycles. The number of likely N-dealkylation sites (N-methyl/N-ethyl adjacent to an activating group) is 1. The molecule has 0 spiro atoms. The molecule has 0 bridgehead atoms. The third-order valence-electron chi connectivity index (χ3n) is 6.96. The quantitative estimate of drug-likeness (QED) is 0.597. The lowest BCUT2D eigenvalue weighted by atomic mass is 10.0. The number of hydrogen-bond donors (Lipinski definition) is 1. The summed E-state index contributed by atoms with van der Waals surface area (Å²) in [5.41, 5.74) is 3.51. The van der Waals surface area contributed by atoms with E-state index in [0.29, 0.717) is 31.7 Å². The van der Waals surface area contributed by atoms with E-state index >= 15 is 0 Å². The molecule has 0 saturated carbocycles. The van der Waals surface area contributed by atoms with Crippen molar-refractivity contribution < 1.29 is 9.59 Å². The van der Waals surface area contributed by atoms with Crippen LogP contribution >= 0.6 is 0 Å². The summed E-state index contributed by atoms with van der Waals surface area (Å²) in [6, 6.07) is 17.1. The maximum absolute atomic E-state index is 13.5. The van der Waals surface area contributed by atoms with E-state index in [1.165, 1.54) is 12.8 Å². The van der Waals surface area contributed by atoms with Crippen LogP contribution in [-0.4, -0.2) is 77.2 Å². The van der Waals surface area contributed by atoms with E-state index < -0.39 is 6.04 Å². The second-order valence-corrected chi connectivity index (χ2v) is 9.34. The highest BCUT2D eigenvalue weighted by atomic mass is 16.2. The summed E-state index contributed by atoms with van der Waals surface area (Å²) in [6.07, 6.45) is 6.03. The Morgan fingerprint density at radius 3 is 2.63 bits per heavy atom. The second kappa shape index (κ2) is 10.3. The topological polar surface area (TPSA) is 73.7 Å². The fourth-order valence-corrected chi connectivity index (χ4v) is 4.93. The van der Waals surface area contributed by atoms with Gasteiger partial charge in [0.15, 0.2) is 0 Å². The molecule has 1 aromatic heterocycles. The molecule has 8 nitrogen and oxygen atoms in total. The van der Waals surface area contributed by atoms with Crippen LogP contribution in [0.5, 0.6) is 0 Å². The number of piperazine rings is 1. The number of carbonyl (C=O) groups excluding carboxylic acids is 2. The first-order valence-electron chi connectivity index (χ1n) is 12.3. The predicted octanol–water partition coefficient (Wildman–Crippen LogP) is 2.93. The van der Waals surface area contributed by atoms with Crippen molar-refractivity contribution in [1.29, 1.82) is 0 Å². The maximum Gasteiger partial charge on any atom is 0.254 e. The van der Waals surface area contributed by atoms with Crippen LogP contribution in [0.4, 0.5) is 11.4 Å². The van der Waals surface area contributed by atoms with Gasteiger partial charge in [-0.15, -0.1) is 0 Å². The Hall–Kier alpha value is -3.65. The van der Waals surface area contributed by atoms with Crippen LogP contribution in [0.3, 0.4) is 0 Å². The summed E-state index contributed by atoms with van der Waals surface area (Å²) in [5.74, 6) is -0.136. The zero-order valence-corrected chi connectivity index (χ0v) is 20.1. The standard InChI is InChI=1S/C27H32N6O2/c1-30-16-17-32(27(35)24-11-3-2-8-21(24)19-33-15-7-12-28-33)20-25(30)26(34)29-22-9-6-10-23(18-22)31-13-4-5-14-31/h2-3,6-12,15,18,25H,4-5,13-14,16-17,19-20H2,1H3,(H,29,34)/t25-/m0/s1. The predicted molar refractivity (Wildman–Crippen MR) is 137 cm³/mol. The molecule has 2 amide bonds. The molecule has 2 fully saturated rings. The van der Waals surface area contributed by atoms with E-state index in [1.807, 2.05) is 71.4 Å². The van der Waals surface area contributed by atoms with Crippen molar-refractivity contribution >= 4 is 23.2 Å². The third kappa shape index (κ3) is 5.22. The molecule has 182 valence electrons. The van der Waals surface area contributed by atoms with Crippen molar-refractivity contribution in [2.45, 2.75) is 25.4 Å². The van der Waals surface area contributed by atoms with Gasteiger partial charge in [0.25, 0.3) is 5.91 Å². The van der Waals surface area contributed by atoms with Gasteiger partial charge in [-0.25, -0.2) is 0 Å². The van der Waals surface area contributed by atoms with Crippen LogP contribution in [0.15, 0.2) is 67.0 Å². The number of benzene rings is 2. The summed E-state index contributed by atoms with van der Waals surface area (Å²) in [7, 11) is 1.94. The number of carbonyl (C=O) groups is 2. The van der Waals surface area contributed by atoms with Crippen LogP contribution in [-0.2, 0) is 11.3 Å². The highest BCUT2D eigenvalue weighted by molar-refractivity contribution is 5.98. The normalized spacial score (nSPS) is 18.6. The number of nitrogens with one attached hydrogen (secondary N) is 1. The van der Waals surface area contributed by atoms with Crippen molar-refractivity contribution in [3.8, 4) is 0 Å². The van der Waals surface area contributed by atoms with Crippen LogP contribution in [0, 0.1) is 0 Å². The molecule has 0 unspecified atom stereocenters. The fraction of sp³-hybridized carbons (Fsp3) is 0.370. The lowest BCUT2D eigenvalue weighted by Crippen LogP contribution is -2.57. The van der Waals surface area contributed by atoms with Gasteiger partial charge in [-0.2, -0.15) is 5.10 Å². The summed E-state index contributed by atoms with van der Waals surface area (Å²) in [5, 5.41) is 7.36. The van der Waals surface area contributed by atoms with E-state index in [9.17, 15) is 9.59 Å². The number of anilines is 2. The van der Waals surface area contributed by atoms with E-state index in [-0.39, 0.29) is 11.8 Å². The molecular formula is C27H32N6O2. The lowest BCUT2D eigenvalue weighted by Gasteiger charge is -2.38. The molecule has 2 aliphatic heterocycles. The van der Waals surface area contributed by atoms with Gasteiger partial charge in [0.2, 0.25) is 5.91 Å². The zero-order chi connectivity index (χ0) is 24.2. The molecule has 8 heteroatoms. The molecule has 35 heavy (non-hydrogen) atoms. The molecule has 1 atom stereocenters. The van der Waals surface area contributed by atoms with Gasteiger partial charge in [0, 0.05) is 62.1 Å². The Balaban J connectivity index is 1.28. The number of hydrogen-bond acceptors (Lipinski definition) is 5. The molecule has 0 aliphatic carbocycles. The minimum Gasteiger partial charge on any atom is -0.371 e. The Labute approximate surface area is 206 Å². The van der Waals surface area contributed by atoms with Crippen LogP contribution in [0.25, 0.3) is 0 Å². The van der Waals surface area contributed by atoms with Crippen molar-refractivity contribution in [3.63, 3.8) is 0 Å². The van der Waals surface area contributed by atoms with Crippen molar-refractivity contribution in [3.05, 3.63) is 78.1 Å². The van der Waals surface area contributed by atoms with E-state index in [0.717, 1.165) is 30.0 Å². The Bertz CT molecular complexity index is 1170. The Kier molecular flexibility index (Phi) is 6.81. The molecular weight excluding hydrogens is 440 g/mol. The minimum absolute atomic E-state index is 0.0466. The first-order valence-corrected chi connectivity index (χ1v) is 12.3. The second-order valence-electron chi connectivity index (χ2n) is 9.34. The molecule has 2 aliphatic rings. The monoisotopic (exact) mass is 472 g/mol. The van der Waals surface area contributed by atoms with Crippen molar-refractivity contribution in [1.82, 2.24) is 19.6 Å². The van der Waals surface area contributed by atoms with Crippen LogP contribution in [0.1, 0.15) is 28.8 Å². The highest BCUT2D eigenvalue weighted by Crippen LogP contribution is 2.24. The zero-order valence-electron chi connectivity index (χ0n) is 20.1. The molecule has 2 saturated heterocycles. The fourth-order valence-electron chi connectivity index (χ4n) is 4.93. The number of amides is 2. The van der Waals surface area contributed by atoms with Crippen molar-refractivity contribution in [2.75, 3.05) is 50.0 Å². The van der Waals surface area contributed by atoms with Gasteiger partial charge in [-0.3, -0.25) is 19.2 Å². The summed E-state index contributed by atoms with van der Waals surface area (Å²) in [6.45, 7) is 4.21. The van der Waals surface area contributed by atoms with Gasteiger partial charge in [-0.1, -0.05) is 24.3 Å². The van der Waals surface area contributed by atoms with Gasteiger partial charge < -0.3 is 15.1 Å². The molecule has 1 N–H and O–H groups in total. The average molecular weight is 473 g/mol. The van der Waals surface area contributed by atoms with Gasteiger partial charge in [0.1, 0.15) is 6.04 Å². The van der Waals surface area contributed by atoms with Gasteiger partial charge in [-0.05, 0) is 55.8 Å². The van der Waals surface area contributed by atoms with E-state index in [1.54, 1.807) is 11.1 Å². The van der Waals surface area contributed by atoms with E-state index in [4.69, 9.17) is 0 Å². The summed E-state index contributed by atoms with van der Waals surface area (Å²) < 4.78 is 1.81. The first-order chi connectivity index (χ1) is 17.1. The lowest BCUT2D eigenvalue weighted by molar-refractivity contribution is -0.122. The average Bonchev–Trinajstić information content (AvgIpc) is 3.59. The summed E-state index contributed by atoms with van der Waals surface area (Å²) >= 11 is 0. The van der Waals surface area contributed by atoms with Crippen LogP contribution in [0.2, 0.25) is 0 Å². The van der Waals surface area contributed by atoms with Crippen LogP contribution < -0.4 is 10.2 Å². The maximum atomic E-state index is 13.5. The number of aromatic nitrogens is 2. The number of nitrogens with zero attached hydrogens (tertiary/aromatic N) is 5. The minimum atomic E-state index is -0.415. The Morgan fingerprint density at radius 2 is 1.83 bits per heavy atom.